The van der Waals surface area contributed by atoms with Crippen molar-refractivity contribution >= 4 is 11.9 Å². The second kappa shape index (κ2) is 10.7. The van der Waals surface area contributed by atoms with Crippen LogP contribution in [0.3, 0.4) is 0 Å². The molecule has 1 aromatic rings. The van der Waals surface area contributed by atoms with E-state index in [0.717, 1.165) is 35.5 Å². The number of likely N-dealkylation sites (N-methyl/N-ethyl adjacent to an activating group) is 1. The van der Waals surface area contributed by atoms with Gasteiger partial charge < -0.3 is 25.0 Å². The number of aliphatic imine (C=N–C) groups is 1. The first-order chi connectivity index (χ1) is 13.3. The highest BCUT2D eigenvalue weighted by molar-refractivity contribution is 5.86. The Bertz CT molecular complexity index is 710. The van der Waals surface area contributed by atoms with Gasteiger partial charge in [-0.3, -0.25) is 4.79 Å². The van der Waals surface area contributed by atoms with Crippen LogP contribution < -0.4 is 15.4 Å². The summed E-state index contributed by atoms with van der Waals surface area (Å²) in [7, 11) is 3.45. The Kier molecular flexibility index (Phi) is 8.32. The van der Waals surface area contributed by atoms with E-state index in [9.17, 15) is 4.79 Å². The van der Waals surface area contributed by atoms with Crippen LogP contribution >= 0.6 is 0 Å². The number of hydrogen-bond acceptors (Lipinski definition) is 4. The van der Waals surface area contributed by atoms with E-state index in [2.05, 4.69) is 22.2 Å². The van der Waals surface area contributed by atoms with Crippen LogP contribution in [0, 0.1) is 6.92 Å². The maximum atomic E-state index is 11.9. The Labute approximate surface area is 167 Å². The molecule has 1 heterocycles. The normalized spacial score (nSPS) is 16.6. The van der Waals surface area contributed by atoms with Gasteiger partial charge in [-0.05, 0) is 25.5 Å². The zero-order valence-electron chi connectivity index (χ0n) is 17.4. The van der Waals surface area contributed by atoms with Crippen molar-refractivity contribution in [2.24, 2.45) is 4.99 Å². The Morgan fingerprint density at radius 2 is 2.11 bits per heavy atom. The van der Waals surface area contributed by atoms with Gasteiger partial charge in [0.15, 0.2) is 5.96 Å². The number of carbonyl (C=O) groups excluding carboxylic acids is 1. The summed E-state index contributed by atoms with van der Waals surface area (Å²) >= 11 is 0. The topological polar surface area (TPSA) is 75.2 Å². The molecular weight excluding hydrogens is 356 g/mol. The SMILES string of the molecule is C=C(C)CNC(=NCc1ccc(C)cc1OC1CCOC1)NCC(=O)N(C)C. The summed E-state index contributed by atoms with van der Waals surface area (Å²) in [6.45, 7) is 10.4. The maximum absolute atomic E-state index is 11.9. The first kappa shape index (κ1) is 21.8. The van der Waals surface area contributed by atoms with Crippen LogP contribution in [-0.2, 0) is 16.1 Å². The molecule has 1 aliphatic rings. The summed E-state index contributed by atoms with van der Waals surface area (Å²) in [6, 6.07) is 6.12. The van der Waals surface area contributed by atoms with E-state index in [4.69, 9.17) is 9.47 Å². The summed E-state index contributed by atoms with van der Waals surface area (Å²) in [6.07, 6.45) is 0.984. The highest BCUT2D eigenvalue weighted by Gasteiger charge is 2.18. The van der Waals surface area contributed by atoms with Gasteiger partial charge in [0, 0.05) is 32.6 Å². The number of nitrogens with zero attached hydrogens (tertiary/aromatic N) is 2. The third-order valence-corrected chi connectivity index (χ3v) is 4.28. The number of benzene rings is 1. The Morgan fingerprint density at radius 1 is 1.36 bits per heavy atom. The number of hydrogen-bond donors (Lipinski definition) is 2. The Morgan fingerprint density at radius 3 is 2.75 bits per heavy atom. The number of ether oxygens (including phenoxy) is 2. The second-order valence-corrected chi connectivity index (χ2v) is 7.33. The number of amides is 1. The molecule has 1 saturated heterocycles. The van der Waals surface area contributed by atoms with Gasteiger partial charge in [0.05, 0.1) is 26.3 Å². The van der Waals surface area contributed by atoms with E-state index in [-0.39, 0.29) is 18.6 Å². The summed E-state index contributed by atoms with van der Waals surface area (Å²) in [5.41, 5.74) is 3.11. The van der Waals surface area contributed by atoms with Gasteiger partial charge in [-0.25, -0.2) is 4.99 Å². The van der Waals surface area contributed by atoms with Gasteiger partial charge in [0.2, 0.25) is 5.91 Å². The molecule has 0 saturated carbocycles. The molecule has 7 heteroatoms. The predicted molar refractivity (Wildman–Crippen MR) is 112 cm³/mol. The van der Waals surface area contributed by atoms with Crippen LogP contribution in [-0.4, -0.2) is 63.3 Å². The smallest absolute Gasteiger partial charge is 0.241 e. The predicted octanol–water partition coefficient (Wildman–Crippen LogP) is 1.86. The second-order valence-electron chi connectivity index (χ2n) is 7.33. The highest BCUT2D eigenvalue weighted by Crippen LogP contribution is 2.24. The molecule has 2 N–H and O–H groups in total. The average molecular weight is 389 g/mol. The van der Waals surface area contributed by atoms with Gasteiger partial charge in [0.1, 0.15) is 11.9 Å². The number of nitrogens with one attached hydrogen (secondary N) is 2. The van der Waals surface area contributed by atoms with E-state index in [0.29, 0.717) is 25.7 Å². The lowest BCUT2D eigenvalue weighted by atomic mass is 10.1. The molecular formula is C21H32N4O3. The standard InChI is InChI=1S/C21H32N4O3/c1-15(2)11-22-21(24-13-20(26)25(4)5)23-12-17-7-6-16(3)10-19(17)28-18-8-9-27-14-18/h6-7,10,18H,1,8-9,11-14H2,2-5H3,(H2,22,23,24). The fourth-order valence-corrected chi connectivity index (χ4v) is 2.58. The number of guanidine groups is 1. The van der Waals surface area contributed by atoms with Crippen molar-refractivity contribution < 1.29 is 14.3 Å². The molecule has 0 aromatic heterocycles. The Hall–Kier alpha value is -2.54. The van der Waals surface area contributed by atoms with E-state index in [1.807, 2.05) is 32.0 Å². The van der Waals surface area contributed by atoms with Crippen LogP contribution in [0.1, 0.15) is 24.5 Å². The lowest BCUT2D eigenvalue weighted by Gasteiger charge is -2.17. The minimum absolute atomic E-state index is 0.0228. The van der Waals surface area contributed by atoms with Crippen molar-refractivity contribution in [3.63, 3.8) is 0 Å². The molecule has 0 bridgehead atoms. The van der Waals surface area contributed by atoms with Crippen molar-refractivity contribution in [3.8, 4) is 5.75 Å². The van der Waals surface area contributed by atoms with Crippen LogP contribution in [0.2, 0.25) is 0 Å². The molecule has 154 valence electrons. The molecule has 7 nitrogen and oxygen atoms in total. The van der Waals surface area contributed by atoms with Crippen molar-refractivity contribution in [2.75, 3.05) is 40.4 Å². The van der Waals surface area contributed by atoms with Gasteiger partial charge in [-0.15, -0.1) is 0 Å². The number of aryl methyl sites for hydroxylation is 1. The number of rotatable bonds is 8. The first-order valence-corrected chi connectivity index (χ1v) is 9.56. The lowest BCUT2D eigenvalue weighted by molar-refractivity contribution is -0.127. The number of carbonyl (C=O) groups is 1. The maximum Gasteiger partial charge on any atom is 0.241 e. The van der Waals surface area contributed by atoms with Gasteiger partial charge in [-0.2, -0.15) is 0 Å². The van der Waals surface area contributed by atoms with Gasteiger partial charge in [0.25, 0.3) is 0 Å². The fourth-order valence-electron chi connectivity index (χ4n) is 2.58. The zero-order valence-corrected chi connectivity index (χ0v) is 17.4. The lowest BCUT2D eigenvalue weighted by Crippen LogP contribution is -2.43. The van der Waals surface area contributed by atoms with Crippen LogP contribution in [0.5, 0.6) is 5.75 Å². The van der Waals surface area contributed by atoms with Gasteiger partial charge in [-0.1, -0.05) is 24.3 Å². The van der Waals surface area contributed by atoms with Crippen molar-refractivity contribution in [2.45, 2.75) is 32.9 Å². The van der Waals surface area contributed by atoms with E-state index in [1.165, 1.54) is 0 Å². The zero-order chi connectivity index (χ0) is 20.5. The van der Waals surface area contributed by atoms with E-state index >= 15 is 0 Å². The molecule has 1 amide bonds. The first-order valence-electron chi connectivity index (χ1n) is 9.56. The molecule has 1 atom stereocenters. The Balaban J connectivity index is 2.09. The monoisotopic (exact) mass is 388 g/mol. The molecule has 1 aliphatic heterocycles. The summed E-state index contributed by atoms with van der Waals surface area (Å²) in [5.74, 6) is 1.38. The van der Waals surface area contributed by atoms with Gasteiger partial charge >= 0.3 is 0 Å². The summed E-state index contributed by atoms with van der Waals surface area (Å²) < 4.78 is 11.5. The van der Waals surface area contributed by atoms with E-state index < -0.39 is 0 Å². The molecule has 1 fully saturated rings. The summed E-state index contributed by atoms with van der Waals surface area (Å²) in [5, 5.41) is 6.27. The van der Waals surface area contributed by atoms with Crippen molar-refractivity contribution in [1.82, 2.24) is 15.5 Å². The largest absolute Gasteiger partial charge is 0.488 e. The van der Waals surface area contributed by atoms with Crippen LogP contribution in [0.25, 0.3) is 0 Å². The molecule has 0 radical (unpaired) electrons. The molecule has 2 rings (SSSR count). The minimum atomic E-state index is -0.0228. The highest BCUT2D eigenvalue weighted by atomic mass is 16.5. The van der Waals surface area contributed by atoms with Crippen LogP contribution in [0.4, 0.5) is 0 Å². The van der Waals surface area contributed by atoms with E-state index in [1.54, 1.807) is 19.0 Å². The quantitative estimate of drug-likeness (QED) is 0.404. The molecule has 28 heavy (non-hydrogen) atoms. The van der Waals surface area contributed by atoms with Crippen LogP contribution in [0.15, 0.2) is 35.3 Å². The average Bonchev–Trinajstić information content (AvgIpc) is 3.14. The third kappa shape index (κ3) is 7.23. The molecule has 1 aromatic carbocycles. The molecule has 0 spiro atoms. The fraction of sp³-hybridized carbons (Fsp3) is 0.524. The third-order valence-electron chi connectivity index (χ3n) is 4.28. The molecule has 0 aliphatic carbocycles. The van der Waals surface area contributed by atoms with Crippen molar-refractivity contribution in [3.05, 3.63) is 41.5 Å². The summed E-state index contributed by atoms with van der Waals surface area (Å²) in [4.78, 5) is 18.0. The van der Waals surface area contributed by atoms with Crippen molar-refractivity contribution in [1.29, 1.82) is 0 Å². The molecule has 1 unspecified atom stereocenters. The minimum Gasteiger partial charge on any atom is -0.488 e.